The molecule has 11 aromatic rings. The number of ether oxygens (including phenoxy) is 1. The summed E-state index contributed by atoms with van der Waals surface area (Å²) in [5, 5.41) is 8.42. The molecule has 0 radical (unpaired) electrons. The number of benzene rings is 9. The van der Waals surface area contributed by atoms with Crippen molar-refractivity contribution in [2.75, 3.05) is 0 Å². The highest BCUT2D eigenvalue weighted by atomic mass is 16.5. The molecule has 0 saturated carbocycles. The Morgan fingerprint density at radius 1 is 0.485 bits per heavy atom. The molecule has 0 bridgehead atoms. The highest BCUT2D eigenvalue weighted by Crippen LogP contribution is 2.55. The highest BCUT2D eigenvalue weighted by molar-refractivity contribution is 6.15. The van der Waals surface area contributed by atoms with Crippen molar-refractivity contribution in [2.24, 2.45) is 9.98 Å². The van der Waals surface area contributed by atoms with Gasteiger partial charge in [-0.25, -0.2) is 9.98 Å². The number of nitrogens with zero attached hydrogens (tertiary/aromatic N) is 4. The Labute approximate surface area is 382 Å². The van der Waals surface area contributed by atoms with Gasteiger partial charge in [0, 0.05) is 60.6 Å². The molecule has 2 aromatic heterocycles. The molecule has 4 heterocycles. The molecule has 0 aliphatic carbocycles. The van der Waals surface area contributed by atoms with E-state index in [1.807, 2.05) is 36.4 Å². The van der Waals surface area contributed by atoms with E-state index in [2.05, 4.69) is 204 Å². The lowest BCUT2D eigenvalue weighted by molar-refractivity contribution is 0.423. The van der Waals surface area contributed by atoms with E-state index in [9.17, 15) is 0 Å². The minimum absolute atomic E-state index is 0.371. The number of aliphatic imine (C=N–C) groups is 2. The van der Waals surface area contributed by atoms with E-state index in [-0.39, 0.29) is 6.17 Å². The van der Waals surface area contributed by atoms with Crippen LogP contribution in [0.25, 0.3) is 66.1 Å². The SMILES string of the molecule is CC1(C)c2ccc3c4ccccc4n(-c4cccc(-c5ccccc5)c4)c3c2Oc2ccc3c4ccccc4n(-c4cccc(C5N=C(c6ccccc6)N=C(c6ccccc6)N5)c4)c3c21. The van der Waals surface area contributed by atoms with Gasteiger partial charge in [0.1, 0.15) is 17.8 Å². The van der Waals surface area contributed by atoms with Gasteiger partial charge < -0.3 is 19.2 Å². The molecule has 6 nitrogen and oxygen atoms in total. The zero-order valence-electron chi connectivity index (χ0n) is 36.5. The van der Waals surface area contributed by atoms with E-state index in [4.69, 9.17) is 14.7 Å². The molecule has 0 fully saturated rings. The Kier molecular flexibility index (Phi) is 8.52. The molecular formula is C60H43N5O. The standard InChI is InChI=1S/C60H43N5O/c1-60(2)49-34-32-48-46-29-13-15-31-51(46)65(43-26-16-24-41(36-43)38-18-6-3-7-19-38)55(48)56(49)66-52-35-33-47-45-28-12-14-30-50(45)64(54(47)53(52)60)44-27-17-25-42(37-44)59-62-57(39-20-8-4-9-21-39)61-58(63-59)40-22-10-5-11-23-40/h3-37,59H,1-2H3,(H,61,62,63). The van der Waals surface area contributed by atoms with E-state index in [1.165, 1.54) is 27.3 Å². The second-order valence-corrected chi connectivity index (χ2v) is 17.8. The number of aromatic nitrogens is 2. The molecular weight excluding hydrogens is 807 g/mol. The van der Waals surface area contributed by atoms with Crippen LogP contribution in [-0.4, -0.2) is 20.8 Å². The van der Waals surface area contributed by atoms with Crippen molar-refractivity contribution < 1.29 is 4.74 Å². The van der Waals surface area contributed by atoms with E-state index < -0.39 is 5.41 Å². The molecule has 9 aromatic carbocycles. The number of fused-ring (bicyclic) bond motifs is 10. The van der Waals surface area contributed by atoms with Crippen molar-refractivity contribution >= 4 is 55.3 Å². The maximum atomic E-state index is 7.38. The highest BCUT2D eigenvalue weighted by Gasteiger charge is 2.39. The maximum absolute atomic E-state index is 7.38. The fourth-order valence-corrected chi connectivity index (χ4v) is 10.5. The molecule has 2 aliphatic rings. The van der Waals surface area contributed by atoms with Gasteiger partial charge in [-0.3, -0.25) is 0 Å². The smallest absolute Gasteiger partial charge is 0.159 e. The number of hydrogen-bond donors (Lipinski definition) is 1. The molecule has 2 aliphatic heterocycles. The van der Waals surface area contributed by atoms with Gasteiger partial charge in [-0.05, 0) is 65.2 Å². The number of para-hydroxylation sites is 2. The molecule has 0 amide bonds. The Bertz CT molecular complexity index is 3790. The Morgan fingerprint density at radius 2 is 1.05 bits per heavy atom. The molecule has 1 atom stereocenters. The van der Waals surface area contributed by atoms with Gasteiger partial charge in [-0.2, -0.15) is 0 Å². The van der Waals surface area contributed by atoms with E-state index in [0.717, 1.165) is 84.0 Å². The number of amidine groups is 2. The van der Waals surface area contributed by atoms with Crippen LogP contribution in [0.15, 0.2) is 222 Å². The summed E-state index contributed by atoms with van der Waals surface area (Å²) in [6.07, 6.45) is -0.371. The average Bonchev–Trinajstić information content (AvgIpc) is 3.90. The van der Waals surface area contributed by atoms with Gasteiger partial charge in [0.25, 0.3) is 0 Å². The molecule has 1 N–H and O–H groups in total. The van der Waals surface area contributed by atoms with Crippen LogP contribution in [0.2, 0.25) is 0 Å². The first kappa shape index (κ1) is 38.0. The molecule has 66 heavy (non-hydrogen) atoms. The fraction of sp³-hybridized carbons (Fsp3) is 0.0667. The van der Waals surface area contributed by atoms with Crippen molar-refractivity contribution in [3.05, 3.63) is 240 Å². The minimum Gasteiger partial charge on any atom is -0.454 e. The second-order valence-electron chi connectivity index (χ2n) is 17.8. The molecule has 314 valence electrons. The molecule has 6 heteroatoms. The summed E-state index contributed by atoms with van der Waals surface area (Å²) < 4.78 is 12.2. The molecule has 1 unspecified atom stereocenters. The lowest BCUT2D eigenvalue weighted by Gasteiger charge is -2.36. The van der Waals surface area contributed by atoms with Crippen molar-refractivity contribution in [1.29, 1.82) is 0 Å². The first-order valence-electron chi connectivity index (χ1n) is 22.6. The van der Waals surface area contributed by atoms with Crippen LogP contribution in [0.1, 0.15) is 47.8 Å². The summed E-state index contributed by atoms with van der Waals surface area (Å²) in [7, 11) is 0. The number of nitrogens with one attached hydrogen (secondary N) is 1. The van der Waals surface area contributed by atoms with Crippen LogP contribution >= 0.6 is 0 Å². The van der Waals surface area contributed by atoms with Crippen molar-refractivity contribution in [1.82, 2.24) is 14.5 Å². The van der Waals surface area contributed by atoms with Crippen LogP contribution in [-0.2, 0) is 5.41 Å². The van der Waals surface area contributed by atoms with Crippen LogP contribution in [0.3, 0.4) is 0 Å². The lowest BCUT2D eigenvalue weighted by atomic mass is 9.74. The average molecular weight is 850 g/mol. The summed E-state index contributed by atoms with van der Waals surface area (Å²) >= 11 is 0. The monoisotopic (exact) mass is 849 g/mol. The van der Waals surface area contributed by atoms with Crippen LogP contribution < -0.4 is 10.1 Å². The summed E-state index contributed by atoms with van der Waals surface area (Å²) in [6, 6.07) is 75.3. The molecule has 13 rings (SSSR count). The van der Waals surface area contributed by atoms with Gasteiger partial charge in [-0.15, -0.1) is 0 Å². The van der Waals surface area contributed by atoms with Gasteiger partial charge in [0.2, 0.25) is 0 Å². The Morgan fingerprint density at radius 3 is 1.76 bits per heavy atom. The van der Waals surface area contributed by atoms with Crippen LogP contribution in [0, 0.1) is 0 Å². The quantitative estimate of drug-likeness (QED) is 0.181. The van der Waals surface area contributed by atoms with Gasteiger partial charge in [0.15, 0.2) is 11.6 Å². The summed E-state index contributed by atoms with van der Waals surface area (Å²) in [5.41, 5.74) is 13.8. The maximum Gasteiger partial charge on any atom is 0.159 e. The van der Waals surface area contributed by atoms with E-state index in [0.29, 0.717) is 5.84 Å². The lowest BCUT2D eigenvalue weighted by Crippen LogP contribution is -2.33. The normalized spacial score (nSPS) is 15.2. The van der Waals surface area contributed by atoms with E-state index in [1.54, 1.807) is 0 Å². The van der Waals surface area contributed by atoms with Crippen LogP contribution in [0.5, 0.6) is 11.5 Å². The van der Waals surface area contributed by atoms with Crippen molar-refractivity contribution in [3.8, 4) is 34.0 Å². The summed E-state index contributed by atoms with van der Waals surface area (Å²) in [6.45, 7) is 4.71. The first-order chi connectivity index (χ1) is 32.5. The predicted molar refractivity (Wildman–Crippen MR) is 271 cm³/mol. The summed E-state index contributed by atoms with van der Waals surface area (Å²) in [4.78, 5) is 10.3. The van der Waals surface area contributed by atoms with Crippen LogP contribution in [0.4, 0.5) is 0 Å². The first-order valence-corrected chi connectivity index (χ1v) is 22.6. The van der Waals surface area contributed by atoms with Crippen molar-refractivity contribution in [2.45, 2.75) is 25.4 Å². The van der Waals surface area contributed by atoms with Gasteiger partial charge in [0.05, 0.1) is 22.1 Å². The Hall–Kier alpha value is -8.48. The molecule has 0 spiro atoms. The Balaban J connectivity index is 0.993. The van der Waals surface area contributed by atoms with Gasteiger partial charge >= 0.3 is 0 Å². The number of hydrogen-bond acceptors (Lipinski definition) is 4. The number of rotatable bonds is 6. The minimum atomic E-state index is -0.464. The van der Waals surface area contributed by atoms with E-state index >= 15 is 0 Å². The third-order valence-corrected chi connectivity index (χ3v) is 13.6. The third-order valence-electron chi connectivity index (χ3n) is 13.6. The zero-order chi connectivity index (χ0) is 43.9. The third kappa shape index (κ3) is 5.88. The largest absolute Gasteiger partial charge is 0.454 e. The predicted octanol–water partition coefficient (Wildman–Crippen LogP) is 14.5. The zero-order valence-corrected chi connectivity index (χ0v) is 36.5. The van der Waals surface area contributed by atoms with Crippen molar-refractivity contribution in [3.63, 3.8) is 0 Å². The second kappa shape index (κ2) is 14.8. The summed E-state index contributed by atoms with van der Waals surface area (Å²) in [5.74, 6) is 3.24. The topological polar surface area (TPSA) is 55.8 Å². The fourth-order valence-electron chi connectivity index (χ4n) is 10.5. The molecule has 0 saturated heterocycles. The van der Waals surface area contributed by atoms with Gasteiger partial charge in [-0.1, -0.05) is 178 Å².